The third-order valence-electron chi connectivity index (χ3n) is 3.66. The van der Waals surface area contributed by atoms with Crippen LogP contribution in [0.1, 0.15) is 34.3 Å². The molecule has 1 aliphatic rings. The number of thiazole rings is 1. The fourth-order valence-electron chi connectivity index (χ4n) is 2.65. The second-order valence-corrected chi connectivity index (χ2v) is 6.61. The molecular weight excluding hydrogens is 303 g/mol. The van der Waals surface area contributed by atoms with Crippen LogP contribution in [0, 0.1) is 12.7 Å². The molecule has 0 aliphatic heterocycles. The number of aromatic nitrogens is 2. The Morgan fingerprint density at radius 1 is 1.50 bits per heavy atom. The lowest BCUT2D eigenvalue weighted by Crippen LogP contribution is -2.33. The van der Waals surface area contributed by atoms with E-state index in [0.717, 1.165) is 36.2 Å². The van der Waals surface area contributed by atoms with Gasteiger partial charge in [0.15, 0.2) is 0 Å². The minimum absolute atomic E-state index is 0.264. The van der Waals surface area contributed by atoms with Crippen LogP contribution in [0.3, 0.4) is 0 Å². The molecule has 0 bridgehead atoms. The first-order valence-corrected chi connectivity index (χ1v) is 8.06. The van der Waals surface area contributed by atoms with Crippen LogP contribution in [-0.2, 0) is 6.42 Å². The molecular formula is C15H17FN4OS. The molecule has 0 aromatic carbocycles. The quantitative estimate of drug-likeness (QED) is 0.912. The van der Waals surface area contributed by atoms with Crippen molar-refractivity contribution in [3.05, 3.63) is 39.7 Å². The molecule has 0 fully saturated rings. The van der Waals surface area contributed by atoms with Gasteiger partial charge in [-0.3, -0.25) is 5.32 Å². The van der Waals surface area contributed by atoms with Crippen molar-refractivity contribution >= 4 is 23.2 Å². The molecule has 2 aromatic rings. The SMILES string of the molecule is Cc1nc2c(s1)CCC[C@H]2CNC(=O)Nc1ccc(F)cn1. The summed E-state index contributed by atoms with van der Waals surface area (Å²) in [5.41, 5.74) is 1.13. The van der Waals surface area contributed by atoms with Gasteiger partial charge in [-0.25, -0.2) is 19.2 Å². The summed E-state index contributed by atoms with van der Waals surface area (Å²) in [7, 11) is 0. The maximum atomic E-state index is 12.8. The van der Waals surface area contributed by atoms with Gasteiger partial charge in [-0.2, -0.15) is 0 Å². The molecule has 1 aliphatic carbocycles. The lowest BCUT2D eigenvalue weighted by molar-refractivity contribution is 0.251. The monoisotopic (exact) mass is 320 g/mol. The molecule has 3 rings (SSSR count). The molecule has 2 aromatic heterocycles. The van der Waals surface area contributed by atoms with Crippen LogP contribution < -0.4 is 10.6 Å². The molecule has 0 spiro atoms. The van der Waals surface area contributed by atoms with Gasteiger partial charge in [0.2, 0.25) is 0 Å². The number of urea groups is 1. The summed E-state index contributed by atoms with van der Waals surface area (Å²) in [5.74, 6) is 0.160. The van der Waals surface area contributed by atoms with Gasteiger partial charge in [-0.1, -0.05) is 0 Å². The van der Waals surface area contributed by atoms with Crippen molar-refractivity contribution in [1.82, 2.24) is 15.3 Å². The van der Waals surface area contributed by atoms with Crippen molar-refractivity contribution in [1.29, 1.82) is 0 Å². The first kappa shape index (κ1) is 14.9. The van der Waals surface area contributed by atoms with E-state index < -0.39 is 5.82 Å². The fraction of sp³-hybridized carbons (Fsp3) is 0.400. The average Bonchev–Trinajstić information content (AvgIpc) is 2.88. The summed E-state index contributed by atoms with van der Waals surface area (Å²) in [6.45, 7) is 2.56. The molecule has 1 atom stereocenters. The van der Waals surface area contributed by atoms with Gasteiger partial charge in [0.1, 0.15) is 11.6 Å². The number of rotatable bonds is 3. The van der Waals surface area contributed by atoms with Crippen LogP contribution in [0.15, 0.2) is 18.3 Å². The van der Waals surface area contributed by atoms with Crippen LogP contribution >= 0.6 is 11.3 Å². The molecule has 0 unspecified atom stereocenters. The highest BCUT2D eigenvalue weighted by atomic mass is 32.1. The summed E-state index contributed by atoms with van der Waals surface area (Å²) in [6.07, 6.45) is 4.32. The van der Waals surface area contributed by atoms with Gasteiger partial charge in [-0.05, 0) is 38.3 Å². The number of nitrogens with zero attached hydrogens (tertiary/aromatic N) is 2. The van der Waals surface area contributed by atoms with Crippen molar-refractivity contribution in [3.63, 3.8) is 0 Å². The number of fused-ring (bicyclic) bond motifs is 1. The predicted octanol–water partition coefficient (Wildman–Crippen LogP) is 3.23. The number of halogens is 1. The maximum Gasteiger partial charge on any atom is 0.320 e. The summed E-state index contributed by atoms with van der Waals surface area (Å²) in [5, 5.41) is 6.52. The summed E-state index contributed by atoms with van der Waals surface area (Å²) in [4.78, 5) is 21.6. The zero-order chi connectivity index (χ0) is 15.5. The summed E-state index contributed by atoms with van der Waals surface area (Å²) in [6, 6.07) is 2.35. The maximum absolute atomic E-state index is 12.8. The number of nitrogens with one attached hydrogen (secondary N) is 2. The first-order valence-electron chi connectivity index (χ1n) is 7.24. The van der Waals surface area contributed by atoms with Gasteiger partial charge in [0.25, 0.3) is 0 Å². The lowest BCUT2D eigenvalue weighted by Gasteiger charge is -2.21. The van der Waals surface area contributed by atoms with E-state index >= 15 is 0 Å². The number of anilines is 1. The smallest absolute Gasteiger partial charge is 0.320 e. The van der Waals surface area contributed by atoms with Gasteiger partial charge < -0.3 is 5.32 Å². The molecule has 2 amide bonds. The van der Waals surface area contributed by atoms with Crippen molar-refractivity contribution in [3.8, 4) is 0 Å². The predicted molar refractivity (Wildman–Crippen MR) is 83.7 cm³/mol. The Morgan fingerprint density at radius 3 is 3.14 bits per heavy atom. The number of aryl methyl sites for hydroxylation is 2. The summed E-state index contributed by atoms with van der Waals surface area (Å²) >= 11 is 1.75. The normalized spacial score (nSPS) is 16.9. The molecule has 116 valence electrons. The molecule has 7 heteroatoms. The van der Waals surface area contributed by atoms with E-state index in [0.29, 0.717) is 12.4 Å². The molecule has 22 heavy (non-hydrogen) atoms. The highest BCUT2D eigenvalue weighted by Crippen LogP contribution is 2.34. The average molecular weight is 320 g/mol. The van der Waals surface area contributed by atoms with E-state index in [1.54, 1.807) is 11.3 Å². The van der Waals surface area contributed by atoms with E-state index in [1.807, 2.05) is 6.92 Å². The van der Waals surface area contributed by atoms with Crippen LogP contribution in [0.4, 0.5) is 15.0 Å². The molecule has 0 saturated heterocycles. The van der Waals surface area contributed by atoms with Gasteiger partial charge >= 0.3 is 6.03 Å². The lowest BCUT2D eigenvalue weighted by atomic mass is 9.91. The van der Waals surface area contributed by atoms with Crippen molar-refractivity contribution in [2.75, 3.05) is 11.9 Å². The van der Waals surface area contributed by atoms with Crippen LogP contribution in [0.2, 0.25) is 0 Å². The van der Waals surface area contributed by atoms with Crippen LogP contribution in [0.25, 0.3) is 0 Å². The molecule has 2 heterocycles. The Labute approximate surface area is 132 Å². The number of carbonyl (C=O) groups excluding carboxylic acids is 1. The van der Waals surface area contributed by atoms with E-state index in [1.165, 1.54) is 17.0 Å². The van der Waals surface area contributed by atoms with E-state index in [-0.39, 0.29) is 11.9 Å². The Kier molecular flexibility index (Phi) is 4.33. The second kappa shape index (κ2) is 6.39. The molecule has 0 radical (unpaired) electrons. The number of pyridine rings is 1. The van der Waals surface area contributed by atoms with Gasteiger partial charge in [0, 0.05) is 17.3 Å². The van der Waals surface area contributed by atoms with E-state index in [9.17, 15) is 9.18 Å². The molecule has 5 nitrogen and oxygen atoms in total. The summed E-state index contributed by atoms with van der Waals surface area (Å²) < 4.78 is 12.8. The Hall–Kier alpha value is -2.02. The Morgan fingerprint density at radius 2 is 2.36 bits per heavy atom. The number of hydrogen-bond donors (Lipinski definition) is 2. The topological polar surface area (TPSA) is 66.9 Å². The highest BCUT2D eigenvalue weighted by molar-refractivity contribution is 7.11. The van der Waals surface area contributed by atoms with Crippen LogP contribution in [-0.4, -0.2) is 22.5 Å². The minimum atomic E-state index is -0.431. The second-order valence-electron chi connectivity index (χ2n) is 5.33. The minimum Gasteiger partial charge on any atom is -0.337 e. The number of carbonyl (C=O) groups is 1. The van der Waals surface area contributed by atoms with Crippen molar-refractivity contribution in [2.45, 2.75) is 32.1 Å². The van der Waals surface area contributed by atoms with Crippen molar-refractivity contribution in [2.24, 2.45) is 0 Å². The first-order chi connectivity index (χ1) is 10.6. The standard InChI is InChI=1S/C15H17FN4OS/c1-9-19-14-10(3-2-4-12(14)22-9)7-18-15(21)20-13-6-5-11(16)8-17-13/h5-6,8,10H,2-4,7H2,1H3,(H2,17,18,20,21)/t10-/m0/s1. The fourth-order valence-corrected chi connectivity index (χ4v) is 3.72. The zero-order valence-electron chi connectivity index (χ0n) is 12.2. The number of amides is 2. The third kappa shape index (κ3) is 3.41. The molecule has 2 N–H and O–H groups in total. The molecule has 0 saturated carbocycles. The van der Waals surface area contributed by atoms with Crippen molar-refractivity contribution < 1.29 is 9.18 Å². The zero-order valence-corrected chi connectivity index (χ0v) is 13.0. The van der Waals surface area contributed by atoms with Gasteiger partial charge in [-0.15, -0.1) is 11.3 Å². The van der Waals surface area contributed by atoms with Crippen LogP contribution in [0.5, 0.6) is 0 Å². The van der Waals surface area contributed by atoms with Gasteiger partial charge in [0.05, 0.1) is 16.9 Å². The van der Waals surface area contributed by atoms with E-state index in [4.69, 9.17) is 0 Å². The third-order valence-corrected chi connectivity index (χ3v) is 4.70. The highest BCUT2D eigenvalue weighted by Gasteiger charge is 2.24. The Bertz CT molecular complexity index is 671. The largest absolute Gasteiger partial charge is 0.337 e. The van der Waals surface area contributed by atoms with E-state index in [2.05, 4.69) is 20.6 Å². The Balaban J connectivity index is 1.56. The number of hydrogen-bond acceptors (Lipinski definition) is 4.